The molecule has 0 spiro atoms. The lowest BCUT2D eigenvalue weighted by Crippen LogP contribution is -2.18. The minimum Gasteiger partial charge on any atom is -0.488 e. The predicted octanol–water partition coefficient (Wildman–Crippen LogP) is 2.40. The Hall–Kier alpha value is -0.770. The highest BCUT2D eigenvalue weighted by molar-refractivity contribution is 6.31. The van der Waals surface area contributed by atoms with Crippen LogP contribution >= 0.6 is 11.6 Å². The minimum absolute atomic E-state index is 0.235. The zero-order valence-corrected chi connectivity index (χ0v) is 9.29. The quantitative estimate of drug-likeness (QED) is 0.795. The maximum atomic E-state index is 5.90. The lowest BCUT2D eigenvalue weighted by Gasteiger charge is -2.11. The van der Waals surface area contributed by atoms with E-state index in [0.717, 1.165) is 16.3 Å². The van der Waals surface area contributed by atoms with Crippen molar-refractivity contribution in [3.63, 3.8) is 0 Å². The second kappa shape index (κ2) is 4.84. The van der Waals surface area contributed by atoms with E-state index in [2.05, 4.69) is 0 Å². The van der Waals surface area contributed by atoms with E-state index in [1.807, 2.05) is 25.1 Å². The fourth-order valence-electron chi connectivity index (χ4n) is 1.37. The number of halogens is 1. The van der Waals surface area contributed by atoms with Crippen LogP contribution in [0.25, 0.3) is 0 Å². The third kappa shape index (κ3) is 2.84. The summed E-state index contributed by atoms with van der Waals surface area (Å²) in [4.78, 5) is 0. The van der Waals surface area contributed by atoms with E-state index in [1.165, 1.54) is 0 Å². The molecule has 0 unspecified atom stereocenters. The molecule has 15 heavy (non-hydrogen) atoms. The van der Waals surface area contributed by atoms with Crippen LogP contribution in [-0.4, -0.2) is 26.1 Å². The SMILES string of the molecule is Cc1cc(OCC2OCCO2)ccc1Cl. The van der Waals surface area contributed by atoms with Crippen molar-refractivity contribution in [2.24, 2.45) is 0 Å². The van der Waals surface area contributed by atoms with Crippen LogP contribution in [0.5, 0.6) is 5.75 Å². The van der Waals surface area contributed by atoms with E-state index in [-0.39, 0.29) is 6.29 Å². The molecule has 1 aromatic carbocycles. The molecular formula is C11H13ClO3. The lowest BCUT2D eigenvalue weighted by molar-refractivity contribution is -0.0684. The number of ether oxygens (including phenoxy) is 3. The summed E-state index contributed by atoms with van der Waals surface area (Å²) in [5.41, 5.74) is 1.00. The zero-order valence-electron chi connectivity index (χ0n) is 8.53. The van der Waals surface area contributed by atoms with Gasteiger partial charge in [-0.2, -0.15) is 0 Å². The molecule has 0 amide bonds. The van der Waals surface area contributed by atoms with Crippen molar-refractivity contribution < 1.29 is 14.2 Å². The molecule has 4 heteroatoms. The van der Waals surface area contributed by atoms with Crippen molar-refractivity contribution in [3.05, 3.63) is 28.8 Å². The van der Waals surface area contributed by atoms with Gasteiger partial charge in [0.05, 0.1) is 13.2 Å². The van der Waals surface area contributed by atoms with Crippen LogP contribution in [0.4, 0.5) is 0 Å². The highest BCUT2D eigenvalue weighted by atomic mass is 35.5. The Morgan fingerprint density at radius 3 is 2.80 bits per heavy atom. The fraction of sp³-hybridized carbons (Fsp3) is 0.455. The molecule has 2 rings (SSSR count). The summed E-state index contributed by atoms with van der Waals surface area (Å²) in [6, 6.07) is 5.56. The Labute approximate surface area is 93.9 Å². The van der Waals surface area contributed by atoms with Gasteiger partial charge in [0.2, 0.25) is 0 Å². The Bertz CT molecular complexity index is 335. The molecule has 1 aliphatic rings. The molecule has 0 radical (unpaired) electrons. The number of hydrogen-bond acceptors (Lipinski definition) is 3. The molecule has 0 aliphatic carbocycles. The summed E-state index contributed by atoms with van der Waals surface area (Å²) < 4.78 is 16.0. The van der Waals surface area contributed by atoms with Crippen LogP contribution in [0.3, 0.4) is 0 Å². The Kier molecular flexibility index (Phi) is 3.46. The highest BCUT2D eigenvalue weighted by Gasteiger charge is 2.16. The highest BCUT2D eigenvalue weighted by Crippen LogP contribution is 2.21. The standard InChI is InChI=1S/C11H13ClO3/c1-8-6-9(2-3-10(8)12)15-7-11-13-4-5-14-11/h2-3,6,11H,4-5,7H2,1H3. The molecule has 82 valence electrons. The van der Waals surface area contributed by atoms with E-state index in [1.54, 1.807) is 0 Å². The molecular weight excluding hydrogens is 216 g/mol. The molecule has 0 N–H and O–H groups in total. The number of hydrogen-bond donors (Lipinski definition) is 0. The molecule has 1 aliphatic heterocycles. The molecule has 0 atom stereocenters. The van der Waals surface area contributed by atoms with Gasteiger partial charge in [-0.25, -0.2) is 0 Å². The second-order valence-electron chi connectivity index (χ2n) is 3.39. The minimum atomic E-state index is -0.235. The van der Waals surface area contributed by atoms with Crippen molar-refractivity contribution in [3.8, 4) is 5.75 Å². The monoisotopic (exact) mass is 228 g/mol. The summed E-state index contributed by atoms with van der Waals surface area (Å²) in [5, 5.41) is 0.746. The Morgan fingerprint density at radius 1 is 1.40 bits per heavy atom. The van der Waals surface area contributed by atoms with Gasteiger partial charge in [0.1, 0.15) is 12.4 Å². The third-order valence-corrected chi connectivity index (χ3v) is 2.63. The normalized spacial score (nSPS) is 16.9. The van der Waals surface area contributed by atoms with Crippen LogP contribution in [0, 0.1) is 6.92 Å². The van der Waals surface area contributed by atoms with Gasteiger partial charge in [-0.05, 0) is 30.7 Å². The topological polar surface area (TPSA) is 27.7 Å². The van der Waals surface area contributed by atoms with Crippen LogP contribution in [0.2, 0.25) is 5.02 Å². The molecule has 1 heterocycles. The largest absolute Gasteiger partial charge is 0.488 e. The van der Waals surface area contributed by atoms with Crippen molar-refractivity contribution in [1.29, 1.82) is 0 Å². The second-order valence-corrected chi connectivity index (χ2v) is 3.80. The fourth-order valence-corrected chi connectivity index (χ4v) is 1.49. The third-order valence-electron chi connectivity index (χ3n) is 2.21. The average Bonchev–Trinajstić information content (AvgIpc) is 2.73. The molecule has 3 nitrogen and oxygen atoms in total. The molecule has 0 saturated carbocycles. The number of aryl methyl sites for hydroxylation is 1. The van der Waals surface area contributed by atoms with Crippen LogP contribution < -0.4 is 4.74 Å². The smallest absolute Gasteiger partial charge is 0.191 e. The van der Waals surface area contributed by atoms with E-state index >= 15 is 0 Å². The van der Waals surface area contributed by atoms with Crippen LogP contribution in [-0.2, 0) is 9.47 Å². The molecule has 1 fully saturated rings. The maximum absolute atomic E-state index is 5.90. The first-order valence-electron chi connectivity index (χ1n) is 4.88. The van der Waals surface area contributed by atoms with Gasteiger partial charge in [0.15, 0.2) is 6.29 Å². The van der Waals surface area contributed by atoms with E-state index in [9.17, 15) is 0 Å². The van der Waals surface area contributed by atoms with Crippen molar-refractivity contribution in [2.75, 3.05) is 19.8 Å². The molecule has 1 saturated heterocycles. The first-order valence-corrected chi connectivity index (χ1v) is 5.25. The van der Waals surface area contributed by atoms with Gasteiger partial charge in [0.25, 0.3) is 0 Å². The van der Waals surface area contributed by atoms with E-state index in [4.69, 9.17) is 25.8 Å². The predicted molar refractivity (Wildman–Crippen MR) is 57.4 cm³/mol. The zero-order chi connectivity index (χ0) is 10.7. The van der Waals surface area contributed by atoms with E-state index in [0.29, 0.717) is 19.8 Å². The maximum Gasteiger partial charge on any atom is 0.191 e. The Morgan fingerprint density at radius 2 is 2.13 bits per heavy atom. The molecule has 0 aromatic heterocycles. The van der Waals surface area contributed by atoms with Gasteiger partial charge in [0, 0.05) is 5.02 Å². The first kappa shape index (κ1) is 10.7. The summed E-state index contributed by atoms with van der Waals surface area (Å²) in [7, 11) is 0. The van der Waals surface area contributed by atoms with Crippen molar-refractivity contribution in [1.82, 2.24) is 0 Å². The molecule has 1 aromatic rings. The lowest BCUT2D eigenvalue weighted by atomic mass is 10.2. The van der Waals surface area contributed by atoms with Crippen molar-refractivity contribution in [2.45, 2.75) is 13.2 Å². The average molecular weight is 229 g/mol. The van der Waals surface area contributed by atoms with Crippen LogP contribution in [0.1, 0.15) is 5.56 Å². The van der Waals surface area contributed by atoms with E-state index < -0.39 is 0 Å². The van der Waals surface area contributed by atoms with Gasteiger partial charge in [-0.3, -0.25) is 0 Å². The van der Waals surface area contributed by atoms with Crippen LogP contribution in [0.15, 0.2) is 18.2 Å². The first-order chi connectivity index (χ1) is 7.25. The summed E-state index contributed by atoms with van der Waals surface area (Å²) in [6.07, 6.45) is -0.235. The van der Waals surface area contributed by atoms with Gasteiger partial charge >= 0.3 is 0 Å². The summed E-state index contributed by atoms with van der Waals surface area (Å²) >= 11 is 5.90. The number of benzene rings is 1. The summed E-state index contributed by atoms with van der Waals surface area (Å²) in [6.45, 7) is 3.65. The van der Waals surface area contributed by atoms with Gasteiger partial charge in [-0.1, -0.05) is 11.6 Å². The van der Waals surface area contributed by atoms with Gasteiger partial charge in [-0.15, -0.1) is 0 Å². The number of rotatable bonds is 3. The summed E-state index contributed by atoms with van der Waals surface area (Å²) in [5.74, 6) is 0.788. The van der Waals surface area contributed by atoms with Crippen molar-refractivity contribution >= 4 is 11.6 Å². The van der Waals surface area contributed by atoms with Gasteiger partial charge < -0.3 is 14.2 Å². The molecule has 0 bridgehead atoms. The Balaban J connectivity index is 1.90.